The number of H-pyrrole nitrogens is 1. The summed E-state index contributed by atoms with van der Waals surface area (Å²) in [6.45, 7) is 0. The molecule has 3 rings (SSSR count). The molecule has 1 saturated heterocycles. The molecule has 2 aromatic rings. The third-order valence-electron chi connectivity index (χ3n) is 3.89. The van der Waals surface area contributed by atoms with Gasteiger partial charge in [-0.25, -0.2) is 8.42 Å². The van der Waals surface area contributed by atoms with Crippen LogP contribution in [0.25, 0.3) is 10.9 Å². The maximum atomic E-state index is 12.5. The van der Waals surface area contributed by atoms with Gasteiger partial charge in [0.05, 0.1) is 11.5 Å². The Labute approximate surface area is 131 Å². The number of carbonyl (C=O) groups is 1. The van der Waals surface area contributed by atoms with Crippen LogP contribution in [-0.4, -0.2) is 48.8 Å². The molecule has 0 radical (unpaired) electrons. The fraction of sp³-hybridized carbons (Fsp3) is 0.357. The minimum atomic E-state index is -3.00. The van der Waals surface area contributed by atoms with Crippen LogP contribution in [-0.2, 0) is 9.84 Å². The van der Waals surface area contributed by atoms with Gasteiger partial charge in [-0.15, -0.1) is 0 Å². The van der Waals surface area contributed by atoms with Crippen molar-refractivity contribution < 1.29 is 13.2 Å². The molecule has 112 valence electrons. The number of hydrogen-bond acceptors (Lipinski definition) is 3. The van der Waals surface area contributed by atoms with E-state index in [1.54, 1.807) is 13.1 Å². The number of amides is 1. The van der Waals surface area contributed by atoms with Crippen molar-refractivity contribution in [3.8, 4) is 0 Å². The number of hydrogen-bond donors (Lipinski definition) is 1. The van der Waals surface area contributed by atoms with E-state index in [1.165, 1.54) is 4.90 Å². The number of halogens is 1. The van der Waals surface area contributed by atoms with E-state index in [2.05, 4.69) is 20.9 Å². The second kappa shape index (κ2) is 5.14. The Kier molecular flexibility index (Phi) is 3.57. The molecule has 0 saturated carbocycles. The first-order chi connectivity index (χ1) is 9.85. The van der Waals surface area contributed by atoms with Crippen molar-refractivity contribution in [2.75, 3.05) is 18.6 Å². The smallest absolute Gasteiger partial charge is 0.270 e. The lowest BCUT2D eigenvalue weighted by molar-refractivity contribution is 0.0743. The third-order valence-corrected chi connectivity index (χ3v) is 6.13. The molecule has 0 bridgehead atoms. The lowest BCUT2D eigenvalue weighted by Gasteiger charge is -2.22. The average molecular weight is 371 g/mol. The zero-order valence-electron chi connectivity index (χ0n) is 11.5. The summed E-state index contributed by atoms with van der Waals surface area (Å²) < 4.78 is 24.0. The largest absolute Gasteiger partial charge is 0.351 e. The van der Waals surface area contributed by atoms with Crippen molar-refractivity contribution >= 4 is 42.6 Å². The van der Waals surface area contributed by atoms with Crippen molar-refractivity contribution in [3.05, 3.63) is 34.4 Å². The highest BCUT2D eigenvalue weighted by molar-refractivity contribution is 9.10. The van der Waals surface area contributed by atoms with E-state index in [-0.39, 0.29) is 23.5 Å². The normalized spacial score (nSPS) is 20.8. The van der Waals surface area contributed by atoms with Gasteiger partial charge < -0.3 is 9.88 Å². The molecule has 1 aliphatic heterocycles. The number of sulfone groups is 1. The van der Waals surface area contributed by atoms with E-state index in [9.17, 15) is 13.2 Å². The molecule has 7 heteroatoms. The average Bonchev–Trinajstić information content (AvgIpc) is 2.99. The van der Waals surface area contributed by atoms with Gasteiger partial charge in [-0.1, -0.05) is 15.9 Å². The van der Waals surface area contributed by atoms with E-state index >= 15 is 0 Å². The number of benzene rings is 1. The van der Waals surface area contributed by atoms with Crippen molar-refractivity contribution in [2.24, 2.45) is 0 Å². The van der Waals surface area contributed by atoms with Gasteiger partial charge in [-0.2, -0.15) is 0 Å². The molecule has 1 aromatic carbocycles. The number of carbonyl (C=O) groups excluding carboxylic acids is 1. The molecule has 1 aliphatic rings. The fourth-order valence-corrected chi connectivity index (χ4v) is 4.81. The van der Waals surface area contributed by atoms with E-state index in [1.807, 2.05) is 18.2 Å². The third kappa shape index (κ3) is 2.85. The van der Waals surface area contributed by atoms with Crippen molar-refractivity contribution in [1.82, 2.24) is 9.88 Å². The highest BCUT2D eigenvalue weighted by Crippen LogP contribution is 2.23. The van der Waals surface area contributed by atoms with Crippen LogP contribution in [0.2, 0.25) is 0 Å². The summed E-state index contributed by atoms with van der Waals surface area (Å²) >= 11 is 3.40. The molecule has 1 N–H and O–H groups in total. The zero-order chi connectivity index (χ0) is 15.2. The molecule has 5 nitrogen and oxygen atoms in total. The molecule has 21 heavy (non-hydrogen) atoms. The summed E-state index contributed by atoms with van der Waals surface area (Å²) in [4.78, 5) is 17.1. The van der Waals surface area contributed by atoms with E-state index in [4.69, 9.17) is 0 Å². The molecule has 1 amide bonds. The van der Waals surface area contributed by atoms with Crippen LogP contribution in [0.1, 0.15) is 16.9 Å². The second-order valence-electron chi connectivity index (χ2n) is 5.39. The first kappa shape index (κ1) is 14.6. The van der Waals surface area contributed by atoms with Gasteiger partial charge in [0.25, 0.3) is 5.91 Å². The summed E-state index contributed by atoms with van der Waals surface area (Å²) in [5, 5.41) is 0.945. The molecule has 0 spiro atoms. The number of rotatable bonds is 2. The van der Waals surface area contributed by atoms with Crippen molar-refractivity contribution in [2.45, 2.75) is 12.5 Å². The maximum absolute atomic E-state index is 12.5. The Hall–Kier alpha value is -1.34. The van der Waals surface area contributed by atoms with Crippen LogP contribution in [0.3, 0.4) is 0 Å². The Bertz CT molecular complexity index is 813. The van der Waals surface area contributed by atoms with Crippen LogP contribution in [0.5, 0.6) is 0 Å². The zero-order valence-corrected chi connectivity index (χ0v) is 13.9. The van der Waals surface area contributed by atoms with Gasteiger partial charge in [0.1, 0.15) is 5.69 Å². The van der Waals surface area contributed by atoms with E-state index < -0.39 is 9.84 Å². The molecular formula is C14H15BrN2O3S. The standard InChI is InChI=1S/C14H15BrN2O3S/c1-17(11-4-5-21(19,20)8-11)14(18)13-7-9-6-10(15)2-3-12(9)16-13/h2-3,6-7,11,16H,4-5,8H2,1H3. The van der Waals surface area contributed by atoms with Gasteiger partial charge in [0.2, 0.25) is 0 Å². The lowest BCUT2D eigenvalue weighted by Crippen LogP contribution is -2.37. The van der Waals surface area contributed by atoms with Gasteiger partial charge >= 0.3 is 0 Å². The number of fused-ring (bicyclic) bond motifs is 1. The first-order valence-electron chi connectivity index (χ1n) is 6.61. The summed E-state index contributed by atoms with van der Waals surface area (Å²) in [5.74, 6) is 0.0417. The SMILES string of the molecule is CN(C(=O)c1cc2cc(Br)ccc2[nH]1)C1CCS(=O)(=O)C1. The number of aromatic nitrogens is 1. The lowest BCUT2D eigenvalue weighted by atomic mass is 10.2. The van der Waals surface area contributed by atoms with Crippen LogP contribution >= 0.6 is 15.9 Å². The summed E-state index contributed by atoms with van der Waals surface area (Å²) in [7, 11) is -1.33. The summed E-state index contributed by atoms with van der Waals surface area (Å²) in [5.41, 5.74) is 1.36. The topological polar surface area (TPSA) is 70.2 Å². The van der Waals surface area contributed by atoms with Crippen LogP contribution in [0.4, 0.5) is 0 Å². The van der Waals surface area contributed by atoms with Crippen molar-refractivity contribution in [3.63, 3.8) is 0 Å². The Balaban J connectivity index is 1.86. The minimum Gasteiger partial charge on any atom is -0.351 e. The fourth-order valence-electron chi connectivity index (χ4n) is 2.66. The van der Waals surface area contributed by atoms with Crippen molar-refractivity contribution in [1.29, 1.82) is 0 Å². The number of nitrogens with zero attached hydrogens (tertiary/aromatic N) is 1. The molecule has 1 unspecified atom stereocenters. The molecule has 0 aliphatic carbocycles. The van der Waals surface area contributed by atoms with Gasteiger partial charge in [-0.05, 0) is 30.7 Å². The van der Waals surface area contributed by atoms with Crippen LogP contribution in [0, 0.1) is 0 Å². The van der Waals surface area contributed by atoms with Gasteiger partial charge in [-0.3, -0.25) is 4.79 Å². The number of nitrogens with one attached hydrogen (secondary N) is 1. The Morgan fingerprint density at radius 3 is 2.81 bits per heavy atom. The minimum absolute atomic E-state index is 0.0566. The van der Waals surface area contributed by atoms with Gasteiger partial charge in [0.15, 0.2) is 9.84 Å². The quantitative estimate of drug-likeness (QED) is 0.880. The van der Waals surface area contributed by atoms with Crippen LogP contribution in [0.15, 0.2) is 28.7 Å². The molecule has 1 aromatic heterocycles. The summed E-state index contributed by atoms with van der Waals surface area (Å²) in [6.07, 6.45) is 0.510. The summed E-state index contributed by atoms with van der Waals surface area (Å²) in [6, 6.07) is 7.29. The van der Waals surface area contributed by atoms with E-state index in [0.717, 1.165) is 15.4 Å². The van der Waals surface area contributed by atoms with E-state index in [0.29, 0.717) is 12.1 Å². The molecular weight excluding hydrogens is 356 g/mol. The Morgan fingerprint density at radius 2 is 2.14 bits per heavy atom. The Morgan fingerprint density at radius 1 is 1.38 bits per heavy atom. The highest BCUT2D eigenvalue weighted by Gasteiger charge is 2.33. The monoisotopic (exact) mass is 370 g/mol. The molecule has 2 heterocycles. The predicted octanol–water partition coefficient (Wildman–Crippen LogP) is 2.19. The first-order valence-corrected chi connectivity index (χ1v) is 9.23. The van der Waals surface area contributed by atoms with Crippen LogP contribution < -0.4 is 0 Å². The highest BCUT2D eigenvalue weighted by atomic mass is 79.9. The maximum Gasteiger partial charge on any atom is 0.270 e. The predicted molar refractivity (Wildman–Crippen MR) is 85.2 cm³/mol. The molecule has 1 atom stereocenters. The number of aromatic amines is 1. The molecule has 1 fully saturated rings. The van der Waals surface area contributed by atoms with Gasteiger partial charge in [0, 0.05) is 28.5 Å². The second-order valence-corrected chi connectivity index (χ2v) is 8.53.